The number of para-hydroxylation sites is 1. The average molecular weight is 447 g/mol. The zero-order valence-corrected chi connectivity index (χ0v) is 19.4. The minimum atomic E-state index is -0.337. The van der Waals surface area contributed by atoms with Crippen LogP contribution in [0.5, 0.6) is 5.75 Å². The van der Waals surface area contributed by atoms with E-state index < -0.39 is 0 Å². The van der Waals surface area contributed by atoms with Crippen molar-refractivity contribution < 1.29 is 14.3 Å². The van der Waals surface area contributed by atoms with Gasteiger partial charge in [0.05, 0.1) is 19.4 Å². The summed E-state index contributed by atoms with van der Waals surface area (Å²) in [5, 5.41) is 0. The number of hydrogen-bond acceptors (Lipinski definition) is 4. The highest BCUT2D eigenvalue weighted by Crippen LogP contribution is 2.33. The van der Waals surface area contributed by atoms with Gasteiger partial charge in [0.1, 0.15) is 11.4 Å². The summed E-state index contributed by atoms with van der Waals surface area (Å²) in [6.45, 7) is 3.99. The number of benzene rings is 2. The number of aromatic nitrogens is 2. The van der Waals surface area contributed by atoms with E-state index in [1.54, 1.807) is 29.1 Å². The summed E-state index contributed by atoms with van der Waals surface area (Å²) in [4.78, 5) is 34.4. The molecule has 1 aromatic heterocycles. The Labute approximate surface area is 194 Å². The molecule has 1 aliphatic heterocycles. The molecule has 0 N–H and O–H groups in total. The molecule has 0 radical (unpaired) electrons. The molecule has 4 rings (SSSR count). The molecule has 1 fully saturated rings. The first kappa shape index (κ1) is 22.6. The van der Waals surface area contributed by atoms with Gasteiger partial charge >= 0.3 is 0 Å². The number of carbonyl (C=O) groups excluding carboxylic acids is 2. The highest BCUT2D eigenvalue weighted by Gasteiger charge is 2.33. The van der Waals surface area contributed by atoms with Crippen LogP contribution in [0.1, 0.15) is 23.0 Å². The molecule has 7 nitrogen and oxygen atoms in total. The second-order valence-electron chi connectivity index (χ2n) is 8.35. The molecule has 2 heterocycles. The molecule has 33 heavy (non-hydrogen) atoms. The second-order valence-corrected chi connectivity index (χ2v) is 8.35. The Morgan fingerprint density at radius 3 is 2.52 bits per heavy atom. The van der Waals surface area contributed by atoms with Crippen molar-refractivity contribution in [1.82, 2.24) is 19.4 Å². The highest BCUT2D eigenvalue weighted by atomic mass is 16.5. The van der Waals surface area contributed by atoms with Gasteiger partial charge in [-0.25, -0.2) is 4.98 Å². The van der Waals surface area contributed by atoms with Crippen LogP contribution in [0.15, 0.2) is 61.1 Å². The monoisotopic (exact) mass is 446 g/mol. The highest BCUT2D eigenvalue weighted by molar-refractivity contribution is 5.93. The van der Waals surface area contributed by atoms with E-state index in [1.165, 1.54) is 0 Å². The molecule has 0 unspecified atom stereocenters. The van der Waals surface area contributed by atoms with Crippen molar-refractivity contribution in [3.63, 3.8) is 0 Å². The largest absolute Gasteiger partial charge is 0.496 e. The fourth-order valence-corrected chi connectivity index (χ4v) is 4.47. The molecule has 172 valence electrons. The van der Waals surface area contributed by atoms with Crippen LogP contribution in [0.3, 0.4) is 0 Å². The smallest absolute Gasteiger partial charge is 0.274 e. The van der Waals surface area contributed by atoms with Gasteiger partial charge in [0.25, 0.3) is 5.91 Å². The van der Waals surface area contributed by atoms with Gasteiger partial charge in [0.15, 0.2) is 0 Å². The molecule has 0 aliphatic carbocycles. The van der Waals surface area contributed by atoms with Gasteiger partial charge in [-0.1, -0.05) is 42.5 Å². The van der Waals surface area contributed by atoms with E-state index in [4.69, 9.17) is 4.74 Å². The number of methoxy groups -OCH3 is 1. The standard InChI is InChI=1S/C26H30N4O3/c1-4-29-13-14-30(26(32)23-17-28(2)18-27-23)16-20(25(29)31)15-19-9-5-6-10-21(19)22-11-7-8-12-24(22)33-3/h5-12,17-18,20H,4,13-16H2,1-3H3/t20-/m0/s1. The summed E-state index contributed by atoms with van der Waals surface area (Å²) in [5.41, 5.74) is 3.50. The number of carbonyl (C=O) groups is 2. The van der Waals surface area contributed by atoms with Gasteiger partial charge < -0.3 is 19.1 Å². The SMILES string of the molecule is CCN1CCN(C(=O)c2cn(C)cn2)C[C@H](Cc2ccccc2-c2ccccc2OC)C1=O. The van der Waals surface area contributed by atoms with Crippen molar-refractivity contribution in [2.75, 3.05) is 33.3 Å². The summed E-state index contributed by atoms with van der Waals surface area (Å²) in [6.07, 6.45) is 3.88. The predicted octanol–water partition coefficient (Wildman–Crippen LogP) is 3.26. The third-order valence-corrected chi connectivity index (χ3v) is 6.22. The lowest BCUT2D eigenvalue weighted by atomic mass is 9.91. The fourth-order valence-electron chi connectivity index (χ4n) is 4.47. The van der Waals surface area contributed by atoms with Crippen molar-refractivity contribution in [2.24, 2.45) is 13.0 Å². The normalized spacial score (nSPS) is 16.6. The van der Waals surface area contributed by atoms with Crippen LogP contribution in [0.4, 0.5) is 0 Å². The summed E-state index contributed by atoms with van der Waals surface area (Å²) < 4.78 is 7.34. The van der Waals surface area contributed by atoms with E-state index in [2.05, 4.69) is 17.1 Å². The minimum absolute atomic E-state index is 0.0867. The van der Waals surface area contributed by atoms with Crippen LogP contribution in [0.2, 0.25) is 0 Å². The summed E-state index contributed by atoms with van der Waals surface area (Å²) in [6, 6.07) is 16.0. The second kappa shape index (κ2) is 9.90. The van der Waals surface area contributed by atoms with Gasteiger partial charge in [0, 0.05) is 45.0 Å². The van der Waals surface area contributed by atoms with Gasteiger partial charge in [-0.05, 0) is 30.5 Å². The molecular formula is C26H30N4O3. The molecule has 0 saturated carbocycles. The molecule has 7 heteroatoms. The molecule has 1 saturated heterocycles. The van der Waals surface area contributed by atoms with Crippen LogP contribution >= 0.6 is 0 Å². The first-order chi connectivity index (χ1) is 16.0. The Balaban J connectivity index is 1.65. The molecule has 0 spiro atoms. The van der Waals surface area contributed by atoms with E-state index in [0.717, 1.165) is 22.4 Å². The van der Waals surface area contributed by atoms with Crippen molar-refractivity contribution in [1.29, 1.82) is 0 Å². The first-order valence-corrected chi connectivity index (χ1v) is 11.3. The third kappa shape index (κ3) is 4.77. The molecule has 2 amide bonds. The van der Waals surface area contributed by atoms with Crippen LogP contribution in [0, 0.1) is 5.92 Å². The number of amides is 2. The minimum Gasteiger partial charge on any atom is -0.496 e. The number of aryl methyl sites for hydroxylation is 1. The predicted molar refractivity (Wildman–Crippen MR) is 127 cm³/mol. The van der Waals surface area contributed by atoms with Crippen molar-refractivity contribution in [2.45, 2.75) is 13.3 Å². The molecule has 0 bridgehead atoms. The van der Waals surface area contributed by atoms with Crippen molar-refractivity contribution >= 4 is 11.8 Å². The molecular weight excluding hydrogens is 416 g/mol. The van der Waals surface area contributed by atoms with Gasteiger partial charge in [-0.2, -0.15) is 0 Å². The zero-order chi connectivity index (χ0) is 23.4. The number of ether oxygens (including phenoxy) is 1. The van der Waals surface area contributed by atoms with Crippen LogP contribution in [0.25, 0.3) is 11.1 Å². The molecule has 2 aromatic carbocycles. The lowest BCUT2D eigenvalue weighted by molar-refractivity contribution is -0.134. The maximum absolute atomic E-state index is 13.4. The number of rotatable bonds is 6. The Morgan fingerprint density at radius 2 is 1.82 bits per heavy atom. The summed E-state index contributed by atoms with van der Waals surface area (Å²) in [7, 11) is 3.50. The number of imidazole rings is 1. The van der Waals surface area contributed by atoms with E-state index >= 15 is 0 Å². The first-order valence-electron chi connectivity index (χ1n) is 11.3. The van der Waals surface area contributed by atoms with E-state index in [1.807, 2.05) is 55.3 Å². The van der Waals surface area contributed by atoms with E-state index in [9.17, 15) is 9.59 Å². The fraction of sp³-hybridized carbons (Fsp3) is 0.346. The Kier molecular flexibility index (Phi) is 6.77. The molecule has 1 atom stereocenters. The van der Waals surface area contributed by atoms with Crippen LogP contribution in [-0.4, -0.2) is 64.5 Å². The maximum atomic E-state index is 13.4. The maximum Gasteiger partial charge on any atom is 0.274 e. The Bertz CT molecular complexity index is 1140. The lowest BCUT2D eigenvalue weighted by Gasteiger charge is -2.24. The molecule has 3 aromatic rings. The summed E-state index contributed by atoms with van der Waals surface area (Å²) >= 11 is 0. The van der Waals surface area contributed by atoms with E-state index in [-0.39, 0.29) is 17.7 Å². The van der Waals surface area contributed by atoms with Crippen LogP contribution < -0.4 is 4.74 Å². The Hall–Kier alpha value is -3.61. The quantitative estimate of drug-likeness (QED) is 0.583. The third-order valence-electron chi connectivity index (χ3n) is 6.22. The van der Waals surface area contributed by atoms with Gasteiger partial charge in [0.2, 0.25) is 5.91 Å². The van der Waals surface area contributed by atoms with Crippen molar-refractivity contribution in [3.05, 3.63) is 72.3 Å². The van der Waals surface area contributed by atoms with Crippen LogP contribution in [-0.2, 0) is 18.3 Å². The van der Waals surface area contributed by atoms with Gasteiger partial charge in [-0.3, -0.25) is 9.59 Å². The Morgan fingerprint density at radius 1 is 1.09 bits per heavy atom. The van der Waals surface area contributed by atoms with Gasteiger partial charge in [-0.15, -0.1) is 0 Å². The lowest BCUT2D eigenvalue weighted by Crippen LogP contribution is -2.38. The van der Waals surface area contributed by atoms with Crippen molar-refractivity contribution in [3.8, 4) is 16.9 Å². The number of hydrogen-bond donors (Lipinski definition) is 0. The number of likely N-dealkylation sites (N-methyl/N-ethyl adjacent to an activating group) is 1. The number of nitrogens with zero attached hydrogens (tertiary/aromatic N) is 4. The summed E-state index contributed by atoms with van der Waals surface area (Å²) in [5.74, 6) is 0.406. The van der Waals surface area contributed by atoms with E-state index in [0.29, 0.717) is 38.3 Å². The average Bonchev–Trinajstić information content (AvgIpc) is 3.22. The molecule has 1 aliphatic rings. The zero-order valence-electron chi connectivity index (χ0n) is 19.4. The topological polar surface area (TPSA) is 67.7 Å².